The summed E-state index contributed by atoms with van der Waals surface area (Å²) in [4.78, 5) is 17.3. The van der Waals surface area contributed by atoms with Gasteiger partial charge in [-0.1, -0.05) is 11.6 Å². The minimum Gasteiger partial charge on any atom is -0.455 e. The van der Waals surface area contributed by atoms with Gasteiger partial charge in [-0.05, 0) is 18.2 Å². The van der Waals surface area contributed by atoms with E-state index in [1.54, 1.807) is 18.5 Å². The Bertz CT molecular complexity index is 800. The van der Waals surface area contributed by atoms with Crippen LogP contribution in [0.15, 0.2) is 42.7 Å². The molecule has 0 aliphatic rings. The molecular formula is C13H8ClN3O3. The number of halogens is 1. The molecule has 1 aromatic carbocycles. The van der Waals surface area contributed by atoms with Crippen molar-refractivity contribution in [1.82, 2.24) is 9.97 Å². The number of H-pyrrole nitrogens is 1. The Labute approximate surface area is 118 Å². The van der Waals surface area contributed by atoms with Crippen molar-refractivity contribution in [1.29, 1.82) is 0 Å². The van der Waals surface area contributed by atoms with Crippen LogP contribution in [-0.2, 0) is 0 Å². The smallest absolute Gasteiger partial charge is 0.271 e. The average Bonchev–Trinajstić information content (AvgIpc) is 2.90. The molecule has 7 heteroatoms. The zero-order valence-corrected chi connectivity index (χ0v) is 10.8. The number of ether oxygens (including phenoxy) is 1. The number of hydrogen-bond acceptors (Lipinski definition) is 4. The van der Waals surface area contributed by atoms with Gasteiger partial charge in [0.15, 0.2) is 0 Å². The van der Waals surface area contributed by atoms with E-state index in [0.717, 1.165) is 5.39 Å². The molecule has 20 heavy (non-hydrogen) atoms. The molecule has 0 saturated carbocycles. The quantitative estimate of drug-likeness (QED) is 0.585. The monoisotopic (exact) mass is 289 g/mol. The van der Waals surface area contributed by atoms with Gasteiger partial charge in [0.1, 0.15) is 17.1 Å². The molecule has 0 fully saturated rings. The Kier molecular flexibility index (Phi) is 3.00. The SMILES string of the molecule is O=[N+]([O-])c1ccc(Oc2ccnc3[nH]ccc23)c(Cl)c1. The van der Waals surface area contributed by atoms with Gasteiger partial charge < -0.3 is 9.72 Å². The number of rotatable bonds is 3. The molecule has 3 rings (SSSR count). The highest BCUT2D eigenvalue weighted by Gasteiger charge is 2.12. The third-order valence-corrected chi connectivity index (χ3v) is 3.06. The van der Waals surface area contributed by atoms with Crippen molar-refractivity contribution in [3.8, 4) is 11.5 Å². The lowest BCUT2D eigenvalue weighted by Gasteiger charge is -2.08. The van der Waals surface area contributed by atoms with Crippen molar-refractivity contribution in [2.75, 3.05) is 0 Å². The van der Waals surface area contributed by atoms with Gasteiger partial charge in [0.2, 0.25) is 0 Å². The maximum atomic E-state index is 10.7. The topological polar surface area (TPSA) is 81.1 Å². The summed E-state index contributed by atoms with van der Waals surface area (Å²) in [6.07, 6.45) is 3.36. The number of non-ortho nitro benzene ring substituents is 1. The fourth-order valence-corrected chi connectivity index (χ4v) is 2.04. The second-order valence-corrected chi connectivity index (χ2v) is 4.43. The molecule has 100 valence electrons. The molecular weight excluding hydrogens is 282 g/mol. The number of nitro groups is 1. The predicted molar refractivity (Wildman–Crippen MR) is 74.3 cm³/mol. The number of fused-ring (bicyclic) bond motifs is 1. The van der Waals surface area contributed by atoms with Crippen LogP contribution >= 0.6 is 11.6 Å². The fourth-order valence-electron chi connectivity index (χ4n) is 1.83. The summed E-state index contributed by atoms with van der Waals surface area (Å²) in [5.74, 6) is 0.929. The number of nitro benzene ring substituents is 1. The Balaban J connectivity index is 1.99. The molecule has 2 aromatic heterocycles. The van der Waals surface area contributed by atoms with Crippen molar-refractivity contribution in [3.63, 3.8) is 0 Å². The van der Waals surface area contributed by atoms with Crippen molar-refractivity contribution in [3.05, 3.63) is 57.9 Å². The molecule has 6 nitrogen and oxygen atoms in total. The van der Waals surface area contributed by atoms with E-state index in [4.69, 9.17) is 16.3 Å². The van der Waals surface area contributed by atoms with E-state index in [2.05, 4.69) is 9.97 Å². The van der Waals surface area contributed by atoms with Gasteiger partial charge in [0.05, 0.1) is 15.3 Å². The highest BCUT2D eigenvalue weighted by Crippen LogP contribution is 2.34. The summed E-state index contributed by atoms with van der Waals surface area (Å²) in [5.41, 5.74) is 0.615. The second kappa shape index (κ2) is 4.82. The predicted octanol–water partition coefficient (Wildman–Crippen LogP) is 3.92. The molecule has 0 saturated heterocycles. The van der Waals surface area contributed by atoms with Crippen LogP contribution in [0.4, 0.5) is 5.69 Å². The van der Waals surface area contributed by atoms with Crippen LogP contribution < -0.4 is 4.74 Å². The lowest BCUT2D eigenvalue weighted by molar-refractivity contribution is -0.384. The van der Waals surface area contributed by atoms with Gasteiger partial charge >= 0.3 is 0 Å². The third-order valence-electron chi connectivity index (χ3n) is 2.77. The molecule has 0 aliphatic heterocycles. The summed E-state index contributed by atoms with van der Waals surface area (Å²) in [6, 6.07) is 7.60. The van der Waals surface area contributed by atoms with Gasteiger partial charge in [0, 0.05) is 24.5 Å². The number of aromatic nitrogens is 2. The lowest BCUT2D eigenvalue weighted by atomic mass is 10.3. The van der Waals surface area contributed by atoms with Crippen molar-refractivity contribution in [2.24, 2.45) is 0 Å². The average molecular weight is 290 g/mol. The molecule has 2 heterocycles. The number of aromatic amines is 1. The van der Waals surface area contributed by atoms with Gasteiger partial charge in [-0.15, -0.1) is 0 Å². The largest absolute Gasteiger partial charge is 0.455 e. The van der Waals surface area contributed by atoms with Gasteiger partial charge in [-0.25, -0.2) is 4.98 Å². The van der Waals surface area contributed by atoms with E-state index < -0.39 is 4.92 Å². The zero-order valence-electron chi connectivity index (χ0n) is 10.0. The van der Waals surface area contributed by atoms with E-state index in [-0.39, 0.29) is 10.7 Å². The van der Waals surface area contributed by atoms with Crippen LogP contribution in [0.25, 0.3) is 11.0 Å². The van der Waals surface area contributed by atoms with Crippen molar-refractivity contribution in [2.45, 2.75) is 0 Å². The van der Waals surface area contributed by atoms with Crippen molar-refractivity contribution < 1.29 is 9.66 Å². The van der Waals surface area contributed by atoms with Crippen LogP contribution in [0, 0.1) is 10.1 Å². The number of pyridine rings is 1. The molecule has 0 bridgehead atoms. The molecule has 0 spiro atoms. The van der Waals surface area contributed by atoms with Gasteiger partial charge in [-0.2, -0.15) is 0 Å². The van der Waals surface area contributed by atoms with Crippen LogP contribution in [-0.4, -0.2) is 14.9 Å². The van der Waals surface area contributed by atoms with Gasteiger partial charge in [-0.3, -0.25) is 10.1 Å². The normalized spacial score (nSPS) is 10.7. The summed E-state index contributed by atoms with van der Waals surface area (Å²) < 4.78 is 5.70. The van der Waals surface area contributed by atoms with Crippen molar-refractivity contribution >= 4 is 28.3 Å². The zero-order chi connectivity index (χ0) is 14.1. The number of nitrogens with one attached hydrogen (secondary N) is 1. The Morgan fingerprint density at radius 2 is 2.10 bits per heavy atom. The standard InChI is InChI=1S/C13H8ClN3O3/c14-10-7-8(17(18)19)1-2-12(10)20-11-4-6-16-13-9(11)3-5-15-13/h1-7H,(H,15,16). The van der Waals surface area contributed by atoms with Crippen LogP contribution in [0.5, 0.6) is 11.5 Å². The number of benzene rings is 1. The van der Waals surface area contributed by atoms with Crippen LogP contribution in [0.2, 0.25) is 5.02 Å². The first-order chi connectivity index (χ1) is 9.65. The molecule has 0 atom stereocenters. The highest BCUT2D eigenvalue weighted by atomic mass is 35.5. The Morgan fingerprint density at radius 3 is 2.85 bits per heavy atom. The van der Waals surface area contributed by atoms with E-state index >= 15 is 0 Å². The minimum absolute atomic E-state index is 0.0798. The fraction of sp³-hybridized carbons (Fsp3) is 0. The minimum atomic E-state index is -0.507. The maximum Gasteiger partial charge on any atom is 0.271 e. The first kappa shape index (κ1) is 12.4. The van der Waals surface area contributed by atoms with Gasteiger partial charge in [0.25, 0.3) is 5.69 Å². The molecule has 0 amide bonds. The van der Waals surface area contributed by atoms with E-state index in [1.807, 2.05) is 6.07 Å². The molecule has 1 N–H and O–H groups in total. The lowest BCUT2D eigenvalue weighted by Crippen LogP contribution is -1.90. The maximum absolute atomic E-state index is 10.7. The molecule has 0 aliphatic carbocycles. The summed E-state index contributed by atoms with van der Waals surface area (Å²) in [6.45, 7) is 0. The Morgan fingerprint density at radius 1 is 1.25 bits per heavy atom. The third kappa shape index (κ3) is 2.17. The first-order valence-corrected chi connectivity index (χ1v) is 6.07. The van der Waals surface area contributed by atoms with E-state index in [1.165, 1.54) is 18.2 Å². The summed E-state index contributed by atoms with van der Waals surface area (Å²) in [5, 5.41) is 11.6. The van der Waals surface area contributed by atoms with E-state index in [0.29, 0.717) is 17.1 Å². The molecule has 0 unspecified atom stereocenters. The first-order valence-electron chi connectivity index (χ1n) is 5.69. The highest BCUT2D eigenvalue weighted by molar-refractivity contribution is 6.32. The van der Waals surface area contributed by atoms with Crippen LogP contribution in [0.1, 0.15) is 0 Å². The number of hydrogen-bond donors (Lipinski definition) is 1. The summed E-state index contributed by atoms with van der Waals surface area (Å²) in [7, 11) is 0. The molecule has 3 aromatic rings. The second-order valence-electron chi connectivity index (χ2n) is 4.02. The van der Waals surface area contributed by atoms with Crippen LogP contribution in [0.3, 0.4) is 0 Å². The molecule has 0 radical (unpaired) electrons. The van der Waals surface area contributed by atoms with E-state index in [9.17, 15) is 10.1 Å². The number of nitrogens with zero attached hydrogens (tertiary/aromatic N) is 2. The summed E-state index contributed by atoms with van der Waals surface area (Å²) >= 11 is 6.00. The Hall–Kier alpha value is -2.60.